The van der Waals surface area contributed by atoms with Crippen molar-refractivity contribution in [1.82, 2.24) is 0 Å². The second-order valence-electron chi connectivity index (χ2n) is 1.49. The molecule has 0 amide bonds. The van der Waals surface area contributed by atoms with Gasteiger partial charge in [-0.1, -0.05) is 0 Å². The first-order chi connectivity index (χ1) is 5.15. The van der Waals surface area contributed by atoms with Crippen LogP contribution in [0.5, 0.6) is 0 Å². The van der Waals surface area contributed by atoms with E-state index in [0.717, 1.165) is 0 Å². The van der Waals surface area contributed by atoms with Gasteiger partial charge in [-0.2, -0.15) is 33.3 Å². The number of hydrogen-bond acceptors (Lipinski definition) is 1. The van der Waals surface area contributed by atoms with Crippen LogP contribution in [0.4, 0.5) is 26.3 Å². The Kier molecular flexibility index (Phi) is 9.56. The molecule has 0 aromatic carbocycles. The van der Waals surface area contributed by atoms with Crippen molar-refractivity contribution in [3.8, 4) is 0 Å². The molecule has 0 aromatic heterocycles. The van der Waals surface area contributed by atoms with E-state index in [1.165, 1.54) is 0 Å². The molecule has 8 heteroatoms. The van der Waals surface area contributed by atoms with Gasteiger partial charge < -0.3 is 12.0 Å². The van der Waals surface area contributed by atoms with Crippen LogP contribution in [0.25, 0.3) is 0 Å². The minimum Gasteiger partial charge on any atom is -0.377 e. The minimum atomic E-state index is -5.63. The van der Waals surface area contributed by atoms with E-state index in [4.69, 9.17) is 5.11 Å². The molecule has 0 saturated heterocycles. The second-order valence-corrected chi connectivity index (χ2v) is 1.49. The zero-order valence-electron chi connectivity index (χ0n) is 6.71. The summed E-state index contributed by atoms with van der Waals surface area (Å²) in [4.78, 5) is 0. The summed E-state index contributed by atoms with van der Waals surface area (Å²) in [6, 6.07) is 0. The Morgan fingerprint density at radius 2 is 1.08 bits per heavy atom. The van der Waals surface area contributed by atoms with Gasteiger partial charge in [-0.15, -0.1) is 0 Å². The number of aliphatic hydroxyl groups is 1. The molecule has 0 aliphatic heterocycles. The number of alkyl halides is 6. The van der Waals surface area contributed by atoms with E-state index in [2.05, 4.69) is 6.92 Å². The topological polar surface area (TPSA) is 20.2 Å². The average molecular weight is 262 g/mol. The Hall–Kier alpha value is 0.163. The molecule has 0 fully saturated rings. The summed E-state index contributed by atoms with van der Waals surface area (Å²) in [5.74, 6) is 0. The number of rotatable bonds is 0. The molecule has 13 heavy (non-hydrogen) atoms. The van der Waals surface area contributed by atoms with Crippen molar-refractivity contribution in [3.05, 3.63) is 6.92 Å². The van der Waals surface area contributed by atoms with Crippen molar-refractivity contribution in [1.29, 1.82) is 0 Å². The van der Waals surface area contributed by atoms with Gasteiger partial charge in [0.05, 0.1) is 0 Å². The summed E-state index contributed by atoms with van der Waals surface area (Å²) in [5.41, 5.74) is 0. The molecular weight excluding hydrogens is 255 g/mol. The number of halogens is 6. The van der Waals surface area contributed by atoms with E-state index >= 15 is 0 Å². The summed E-state index contributed by atoms with van der Waals surface area (Å²) in [6.07, 6.45) is -15.5. The molecule has 0 aliphatic carbocycles. The van der Waals surface area contributed by atoms with Gasteiger partial charge in [0.1, 0.15) is 0 Å². The van der Waals surface area contributed by atoms with Gasteiger partial charge in [-0.3, -0.25) is 0 Å². The third kappa shape index (κ3) is 8.49. The Balaban J connectivity index is -0.000000309. The van der Waals surface area contributed by atoms with E-state index in [1.54, 1.807) is 6.92 Å². The predicted octanol–water partition coefficient (Wildman–Crippen LogP) is 2.31. The molecule has 0 rings (SSSR count). The predicted molar refractivity (Wildman–Crippen MR) is 29.1 cm³/mol. The first-order valence-corrected chi connectivity index (χ1v) is 2.68. The van der Waals surface area contributed by atoms with Crippen molar-refractivity contribution in [3.63, 3.8) is 0 Å². The van der Waals surface area contributed by atoms with Crippen LogP contribution >= 0.6 is 0 Å². The molecule has 0 spiro atoms. The number of aliphatic hydroxyl groups excluding tert-OH is 1. The zero-order chi connectivity index (χ0) is 10.6. The monoisotopic (exact) mass is 261 g/mol. The Bertz CT molecular complexity index is 105. The van der Waals surface area contributed by atoms with E-state index in [9.17, 15) is 26.3 Å². The second kappa shape index (κ2) is 6.59. The van der Waals surface area contributed by atoms with Crippen molar-refractivity contribution in [2.24, 2.45) is 0 Å². The minimum absolute atomic E-state index is 0. The summed E-state index contributed by atoms with van der Waals surface area (Å²) >= 11 is 0. The maximum atomic E-state index is 11.0. The van der Waals surface area contributed by atoms with Crippen molar-refractivity contribution >= 4 is 0 Å². The van der Waals surface area contributed by atoms with E-state index in [-0.39, 0.29) is 19.5 Å². The van der Waals surface area contributed by atoms with Crippen molar-refractivity contribution in [2.75, 3.05) is 0 Å². The third-order valence-corrected chi connectivity index (χ3v) is 0.620. The maximum Gasteiger partial charge on any atom is 0.423 e. The van der Waals surface area contributed by atoms with E-state index in [0.29, 0.717) is 0 Å². The molecular formula is C5H7F6OZn-. The largest absolute Gasteiger partial charge is 0.423 e. The summed E-state index contributed by atoms with van der Waals surface area (Å²) < 4.78 is 65.9. The summed E-state index contributed by atoms with van der Waals surface area (Å²) in [5, 5.41) is 7.47. The maximum absolute atomic E-state index is 11.0. The SMILES string of the molecule is OC(C(F)(F)F)C(F)(F)F.[CH2-]C.[Zn]. The van der Waals surface area contributed by atoms with Crippen LogP contribution in [-0.2, 0) is 19.5 Å². The fourth-order valence-electron chi connectivity index (χ4n) is 0.186. The van der Waals surface area contributed by atoms with E-state index in [1.807, 2.05) is 0 Å². The fourth-order valence-corrected chi connectivity index (χ4v) is 0.186. The first kappa shape index (κ1) is 18.9. The zero-order valence-corrected chi connectivity index (χ0v) is 9.67. The quantitative estimate of drug-likeness (QED) is 0.403. The van der Waals surface area contributed by atoms with Gasteiger partial charge in [0.15, 0.2) is 0 Å². The van der Waals surface area contributed by atoms with Crippen LogP contribution in [0.3, 0.4) is 0 Å². The molecule has 1 N–H and O–H groups in total. The fraction of sp³-hybridized carbons (Fsp3) is 0.800. The molecule has 0 radical (unpaired) electrons. The Labute approximate surface area is 83.9 Å². The molecule has 78 valence electrons. The standard InChI is InChI=1S/C3H2F6O.C2H5.Zn/c4-2(5,6)1(10)3(7,8)9;1-2;/h1,10H;1H2,2H3;/q;-1;. The van der Waals surface area contributed by atoms with Gasteiger partial charge in [-0.05, 0) is 0 Å². The van der Waals surface area contributed by atoms with Crippen molar-refractivity contribution in [2.45, 2.75) is 25.4 Å². The number of hydrogen-bond donors (Lipinski definition) is 1. The van der Waals surface area contributed by atoms with Crippen LogP contribution < -0.4 is 0 Å². The first-order valence-electron chi connectivity index (χ1n) is 2.68. The van der Waals surface area contributed by atoms with Gasteiger partial charge in [-0.25, -0.2) is 0 Å². The van der Waals surface area contributed by atoms with E-state index < -0.39 is 18.5 Å². The Morgan fingerprint density at radius 1 is 0.923 bits per heavy atom. The van der Waals surface area contributed by atoms with Gasteiger partial charge >= 0.3 is 12.4 Å². The van der Waals surface area contributed by atoms with Crippen LogP contribution in [0, 0.1) is 6.92 Å². The van der Waals surface area contributed by atoms with Gasteiger partial charge in [0, 0.05) is 19.5 Å². The molecule has 0 unspecified atom stereocenters. The normalized spacial score (nSPS) is 11.5. The molecule has 1 nitrogen and oxygen atoms in total. The van der Waals surface area contributed by atoms with Crippen LogP contribution in [-0.4, -0.2) is 23.6 Å². The third-order valence-electron chi connectivity index (χ3n) is 0.620. The summed E-state index contributed by atoms with van der Waals surface area (Å²) in [6.45, 7) is 5.00. The molecule has 0 saturated carbocycles. The van der Waals surface area contributed by atoms with Gasteiger partial charge in [0.2, 0.25) is 6.10 Å². The molecule has 0 bridgehead atoms. The van der Waals surface area contributed by atoms with Crippen LogP contribution in [0.2, 0.25) is 0 Å². The molecule has 0 aliphatic rings. The Morgan fingerprint density at radius 3 is 1.08 bits per heavy atom. The molecule has 0 heterocycles. The van der Waals surface area contributed by atoms with Crippen LogP contribution in [0.1, 0.15) is 6.92 Å². The van der Waals surface area contributed by atoms with Crippen LogP contribution in [0.15, 0.2) is 0 Å². The van der Waals surface area contributed by atoms with Gasteiger partial charge in [0.25, 0.3) is 0 Å². The van der Waals surface area contributed by atoms with Crippen molar-refractivity contribution < 1.29 is 50.9 Å². The smallest absolute Gasteiger partial charge is 0.377 e. The molecule has 0 aromatic rings. The average Bonchev–Trinajstić information content (AvgIpc) is 1.87. The summed E-state index contributed by atoms with van der Waals surface area (Å²) in [7, 11) is 0. The molecule has 0 atom stereocenters.